The highest BCUT2D eigenvalue weighted by Gasteiger charge is 2.39. The molecule has 1 saturated heterocycles. The Morgan fingerprint density at radius 1 is 1.31 bits per heavy atom. The number of halogens is 1. The van der Waals surface area contributed by atoms with Gasteiger partial charge in [0.15, 0.2) is 10.8 Å². The molecular formula is C17H16BrN3O3S2. The van der Waals surface area contributed by atoms with E-state index in [0.29, 0.717) is 17.3 Å². The third-order valence-corrected chi connectivity index (χ3v) is 7.69. The minimum Gasteiger partial charge on any atom is -0.359 e. The van der Waals surface area contributed by atoms with Gasteiger partial charge in [-0.3, -0.25) is 0 Å². The quantitative estimate of drug-likeness (QED) is 0.584. The number of aryl methyl sites for hydroxylation is 1. The number of hydrogen-bond donors (Lipinski definition) is 0. The normalized spacial score (nSPS) is 18.5. The summed E-state index contributed by atoms with van der Waals surface area (Å²) in [5.41, 5.74) is 1.64. The van der Waals surface area contributed by atoms with Crippen LogP contribution in [0.3, 0.4) is 0 Å². The van der Waals surface area contributed by atoms with Gasteiger partial charge >= 0.3 is 0 Å². The Bertz CT molecular complexity index is 1030. The summed E-state index contributed by atoms with van der Waals surface area (Å²) in [6.45, 7) is 2.28. The highest BCUT2D eigenvalue weighted by atomic mass is 79.9. The van der Waals surface area contributed by atoms with E-state index in [1.54, 1.807) is 11.4 Å². The van der Waals surface area contributed by atoms with Crippen molar-refractivity contribution < 1.29 is 12.9 Å². The van der Waals surface area contributed by atoms with E-state index in [9.17, 15) is 8.42 Å². The summed E-state index contributed by atoms with van der Waals surface area (Å²) >= 11 is 4.72. The first-order valence-corrected chi connectivity index (χ1v) is 11.2. The van der Waals surface area contributed by atoms with Crippen molar-refractivity contribution in [1.82, 2.24) is 14.4 Å². The monoisotopic (exact) mass is 453 g/mol. The van der Waals surface area contributed by atoms with Crippen LogP contribution in [0.2, 0.25) is 0 Å². The summed E-state index contributed by atoms with van der Waals surface area (Å²) < 4.78 is 34.0. The Hall–Kier alpha value is -1.55. The van der Waals surface area contributed by atoms with E-state index in [4.69, 9.17) is 4.52 Å². The molecule has 0 amide bonds. The molecule has 1 aliphatic heterocycles. The molecule has 0 N–H and O–H groups in total. The predicted molar refractivity (Wildman–Crippen MR) is 102 cm³/mol. The minimum absolute atomic E-state index is 0.0866. The molecule has 1 atom stereocenters. The molecule has 136 valence electrons. The van der Waals surface area contributed by atoms with E-state index < -0.39 is 10.0 Å². The van der Waals surface area contributed by atoms with Gasteiger partial charge in [0.2, 0.25) is 0 Å². The van der Waals surface area contributed by atoms with Crippen LogP contribution in [0.4, 0.5) is 0 Å². The van der Waals surface area contributed by atoms with Crippen LogP contribution in [0, 0.1) is 6.92 Å². The zero-order valence-electron chi connectivity index (χ0n) is 13.9. The fourth-order valence-corrected chi connectivity index (χ4v) is 6.08. The zero-order chi connectivity index (χ0) is 18.3. The summed E-state index contributed by atoms with van der Waals surface area (Å²) in [5.74, 6) is 0.590. The van der Waals surface area contributed by atoms with Crippen molar-refractivity contribution in [3.05, 3.63) is 51.6 Å². The summed E-state index contributed by atoms with van der Waals surface area (Å²) in [6.07, 6.45) is 1.50. The molecule has 1 unspecified atom stereocenters. The number of benzene rings is 1. The van der Waals surface area contributed by atoms with Gasteiger partial charge in [0.1, 0.15) is 5.01 Å². The maximum atomic E-state index is 13.1. The first-order chi connectivity index (χ1) is 12.4. The summed E-state index contributed by atoms with van der Waals surface area (Å²) in [7, 11) is -3.69. The lowest BCUT2D eigenvalue weighted by Crippen LogP contribution is -2.30. The third-order valence-electron chi connectivity index (χ3n) is 4.33. The molecule has 0 bridgehead atoms. The van der Waals surface area contributed by atoms with Crippen LogP contribution >= 0.6 is 27.3 Å². The molecule has 6 nitrogen and oxygen atoms in total. The van der Waals surface area contributed by atoms with Gasteiger partial charge in [-0.1, -0.05) is 33.2 Å². The fraction of sp³-hybridized carbons (Fsp3) is 0.294. The average Bonchev–Trinajstić information content (AvgIpc) is 3.35. The van der Waals surface area contributed by atoms with Gasteiger partial charge in [-0.2, -0.15) is 4.31 Å². The number of thiazole rings is 1. The Labute approximate surface area is 164 Å². The number of rotatable bonds is 4. The molecule has 3 aromatic rings. The second-order valence-electron chi connectivity index (χ2n) is 6.14. The van der Waals surface area contributed by atoms with E-state index in [0.717, 1.165) is 28.6 Å². The Balaban J connectivity index is 1.65. The van der Waals surface area contributed by atoms with Gasteiger partial charge in [0.25, 0.3) is 10.0 Å². The standard InChI is InChI=1S/C17H16BrN3O3S2/c1-11-9-15(24-20-11)14-3-2-8-21(14)26(22,23)16-10-25-17(19-16)12-4-6-13(18)7-5-12/h4-7,9-10,14H,2-3,8H2,1H3. The van der Waals surface area contributed by atoms with Crippen molar-refractivity contribution in [2.24, 2.45) is 0 Å². The molecule has 3 heterocycles. The van der Waals surface area contributed by atoms with Crippen LogP contribution in [0.25, 0.3) is 10.6 Å². The van der Waals surface area contributed by atoms with E-state index in [2.05, 4.69) is 26.1 Å². The lowest BCUT2D eigenvalue weighted by atomic mass is 10.2. The van der Waals surface area contributed by atoms with E-state index in [1.165, 1.54) is 15.6 Å². The van der Waals surface area contributed by atoms with Gasteiger partial charge in [-0.05, 0) is 31.9 Å². The largest absolute Gasteiger partial charge is 0.359 e. The van der Waals surface area contributed by atoms with Gasteiger partial charge in [0.05, 0.1) is 11.7 Å². The molecule has 0 radical (unpaired) electrons. The number of hydrogen-bond acceptors (Lipinski definition) is 6. The molecular weight excluding hydrogens is 438 g/mol. The first-order valence-electron chi connectivity index (χ1n) is 8.12. The van der Waals surface area contributed by atoms with Crippen molar-refractivity contribution in [3.63, 3.8) is 0 Å². The molecule has 0 spiro atoms. The smallest absolute Gasteiger partial charge is 0.262 e. The fourth-order valence-electron chi connectivity index (χ4n) is 3.08. The van der Waals surface area contributed by atoms with E-state index >= 15 is 0 Å². The molecule has 1 aromatic carbocycles. The van der Waals surface area contributed by atoms with E-state index in [-0.39, 0.29) is 11.1 Å². The summed E-state index contributed by atoms with van der Waals surface area (Å²) in [6, 6.07) is 9.12. The molecule has 1 fully saturated rings. The molecule has 9 heteroatoms. The second kappa shape index (κ2) is 6.88. The first kappa shape index (κ1) is 17.8. The lowest BCUT2D eigenvalue weighted by molar-refractivity contribution is 0.296. The van der Waals surface area contributed by atoms with Gasteiger partial charge in [-0.25, -0.2) is 13.4 Å². The average molecular weight is 454 g/mol. The molecule has 4 rings (SSSR count). The summed E-state index contributed by atoms with van der Waals surface area (Å²) in [4.78, 5) is 4.39. The van der Waals surface area contributed by atoms with E-state index in [1.807, 2.05) is 31.2 Å². The van der Waals surface area contributed by atoms with Crippen molar-refractivity contribution in [2.75, 3.05) is 6.54 Å². The molecule has 1 aliphatic rings. The third kappa shape index (κ3) is 3.24. The van der Waals surface area contributed by atoms with Crippen LogP contribution in [0.5, 0.6) is 0 Å². The lowest BCUT2D eigenvalue weighted by Gasteiger charge is -2.20. The van der Waals surface area contributed by atoms with Gasteiger partial charge in [0, 0.05) is 28.0 Å². The molecule has 0 saturated carbocycles. The van der Waals surface area contributed by atoms with Crippen molar-refractivity contribution in [2.45, 2.75) is 30.8 Å². The minimum atomic E-state index is -3.69. The Morgan fingerprint density at radius 3 is 2.77 bits per heavy atom. The van der Waals surface area contributed by atoms with Gasteiger partial charge < -0.3 is 4.52 Å². The van der Waals surface area contributed by atoms with Crippen molar-refractivity contribution in [1.29, 1.82) is 0 Å². The number of nitrogens with zero attached hydrogens (tertiary/aromatic N) is 3. The van der Waals surface area contributed by atoms with Crippen molar-refractivity contribution in [3.8, 4) is 10.6 Å². The van der Waals surface area contributed by atoms with Crippen LogP contribution in [0.15, 0.2) is 49.7 Å². The van der Waals surface area contributed by atoms with Crippen LogP contribution < -0.4 is 0 Å². The van der Waals surface area contributed by atoms with Crippen LogP contribution in [-0.4, -0.2) is 29.4 Å². The van der Waals surface area contributed by atoms with Crippen LogP contribution in [0.1, 0.15) is 30.3 Å². The maximum absolute atomic E-state index is 13.1. The topological polar surface area (TPSA) is 76.3 Å². The molecule has 26 heavy (non-hydrogen) atoms. The van der Waals surface area contributed by atoms with Crippen LogP contribution in [-0.2, 0) is 10.0 Å². The second-order valence-corrected chi connectivity index (χ2v) is 9.75. The Morgan fingerprint density at radius 2 is 2.08 bits per heavy atom. The Kier molecular flexibility index (Phi) is 4.72. The number of aromatic nitrogens is 2. The van der Waals surface area contributed by atoms with Crippen molar-refractivity contribution >= 4 is 37.3 Å². The number of sulfonamides is 1. The summed E-state index contributed by atoms with van der Waals surface area (Å²) in [5, 5.41) is 6.26. The maximum Gasteiger partial charge on any atom is 0.262 e. The van der Waals surface area contributed by atoms with Gasteiger partial charge in [-0.15, -0.1) is 11.3 Å². The SMILES string of the molecule is Cc1cc(C2CCCN2S(=O)(=O)c2csc(-c3ccc(Br)cc3)n2)on1. The molecule has 0 aliphatic carbocycles. The highest BCUT2D eigenvalue weighted by molar-refractivity contribution is 9.10. The highest BCUT2D eigenvalue weighted by Crippen LogP contribution is 2.37. The zero-order valence-corrected chi connectivity index (χ0v) is 17.1. The molecule has 2 aromatic heterocycles. The predicted octanol–water partition coefficient (Wildman–Crippen LogP) is 4.39.